The summed E-state index contributed by atoms with van der Waals surface area (Å²) in [6.07, 6.45) is 0. The van der Waals surface area contributed by atoms with Gasteiger partial charge in [-0.05, 0) is 70.5 Å². The van der Waals surface area contributed by atoms with Crippen molar-refractivity contribution in [2.75, 3.05) is 13.7 Å². The van der Waals surface area contributed by atoms with E-state index < -0.39 is 25.6 Å². The van der Waals surface area contributed by atoms with Gasteiger partial charge in [-0.25, -0.2) is 4.52 Å². The largest absolute Gasteiger partial charge is 0.282 e. The molecule has 3 nitrogen and oxygen atoms in total. The lowest BCUT2D eigenvalue weighted by atomic mass is 11.6. The summed E-state index contributed by atoms with van der Waals surface area (Å²) in [6.45, 7) is 5.94. The van der Waals surface area contributed by atoms with E-state index >= 15 is 0 Å². The second kappa shape index (κ2) is 6.88. The van der Waals surface area contributed by atoms with Crippen molar-refractivity contribution >= 4 is 93.6 Å². The van der Waals surface area contributed by atoms with Crippen LogP contribution in [0.15, 0.2) is 9.03 Å². The van der Waals surface area contributed by atoms with Crippen LogP contribution in [0.3, 0.4) is 0 Å². The Morgan fingerprint density at radius 1 is 1.00 bits per heavy atom. The van der Waals surface area contributed by atoms with E-state index in [1.807, 2.05) is 13.7 Å². The molecule has 0 aliphatic carbocycles. The fourth-order valence-corrected chi connectivity index (χ4v) is 21.6. The van der Waals surface area contributed by atoms with Crippen LogP contribution in [0.1, 0.15) is 0 Å². The molecule has 110 valence electrons. The molecule has 1 atom stereocenters. The first-order valence-electron chi connectivity index (χ1n) is 4.65. The summed E-state index contributed by atoms with van der Waals surface area (Å²) in [5.74, 6) is -3.04. The van der Waals surface area contributed by atoms with Crippen molar-refractivity contribution in [3.63, 3.8) is 0 Å². The lowest BCUT2D eigenvalue weighted by molar-refractivity contribution is 0.823. The molecule has 0 saturated heterocycles. The molecule has 0 heterocycles. The van der Waals surface area contributed by atoms with E-state index in [4.69, 9.17) is 68.0 Å². The zero-order valence-electron chi connectivity index (χ0n) is 10.5. The maximum Gasteiger partial charge on any atom is 0.255 e. The van der Waals surface area contributed by atoms with E-state index in [-0.39, 0.29) is 0 Å². The third kappa shape index (κ3) is 8.25. The molecule has 0 aromatic heterocycles. The minimum atomic E-state index is -3.04. The Bertz CT molecular complexity index is 459. The minimum Gasteiger partial charge on any atom is -0.282 e. The number of halogens is 5. The van der Waals surface area contributed by atoms with Gasteiger partial charge in [-0.15, -0.1) is 0 Å². The highest BCUT2D eigenvalue weighted by Gasteiger charge is 2.31. The average molecular weight is 448 g/mol. The van der Waals surface area contributed by atoms with Gasteiger partial charge < -0.3 is 0 Å². The van der Waals surface area contributed by atoms with Crippen LogP contribution in [0.25, 0.3) is 0 Å². The van der Waals surface area contributed by atoms with Crippen LogP contribution < -0.4 is 0 Å². The van der Waals surface area contributed by atoms with Crippen LogP contribution in [0.4, 0.5) is 0 Å². The highest BCUT2D eigenvalue weighted by atomic mass is 35.9. The molecule has 0 N–H and O–H groups in total. The van der Waals surface area contributed by atoms with Crippen molar-refractivity contribution < 1.29 is 0 Å². The van der Waals surface area contributed by atoms with E-state index in [2.05, 4.69) is 33.0 Å². The Hall–Kier alpha value is 2.74. The van der Waals surface area contributed by atoms with Crippen molar-refractivity contribution in [3.8, 4) is 0 Å². The molecule has 1 unspecified atom stereocenters. The highest BCUT2D eigenvalue weighted by molar-refractivity contribution is 8.40. The molecule has 0 radical (unpaired) electrons. The van der Waals surface area contributed by atoms with Gasteiger partial charge in [0.25, 0.3) is 5.91 Å². The van der Waals surface area contributed by atoms with Crippen LogP contribution in [-0.2, 0) is 11.8 Å². The van der Waals surface area contributed by atoms with E-state index in [0.717, 1.165) is 0 Å². The van der Waals surface area contributed by atoms with Crippen LogP contribution in [0.2, 0.25) is 19.6 Å². The van der Waals surface area contributed by atoms with Gasteiger partial charge in [0.15, 0.2) is 0 Å². The van der Waals surface area contributed by atoms with E-state index in [1.165, 1.54) is 0 Å². The number of nitrogens with zero attached hydrogens (tertiary/aromatic N) is 3. The van der Waals surface area contributed by atoms with Gasteiger partial charge in [-0.3, -0.25) is 4.34 Å². The number of rotatable bonds is 4. The third-order valence-electron chi connectivity index (χ3n) is 2.00. The molecule has 0 saturated carbocycles. The van der Waals surface area contributed by atoms with E-state index in [9.17, 15) is 0 Å². The molecular weight excluding hydrogens is 432 g/mol. The molecule has 0 spiro atoms. The predicted octanol–water partition coefficient (Wildman–Crippen LogP) is 7.78. The highest BCUT2D eigenvalue weighted by Crippen LogP contribution is 2.78. The summed E-state index contributed by atoms with van der Waals surface area (Å²) in [5, 5.41) is 0. The summed E-state index contributed by atoms with van der Waals surface area (Å²) in [5.41, 5.74) is 0. The second-order valence-corrected chi connectivity index (χ2v) is 26.9. The third-order valence-corrected chi connectivity index (χ3v) is 17.8. The lowest BCUT2D eigenvalue weighted by Crippen LogP contribution is -2.39. The number of hydrogen-bond donors (Lipinski definition) is 0. The van der Waals surface area contributed by atoms with Gasteiger partial charge >= 0.3 is 0 Å². The van der Waals surface area contributed by atoms with Crippen molar-refractivity contribution in [2.24, 2.45) is 9.03 Å². The van der Waals surface area contributed by atoms with Crippen LogP contribution in [0.5, 0.6) is 0 Å². The van der Waals surface area contributed by atoms with Crippen LogP contribution in [-0.4, -0.2) is 26.3 Å². The molecule has 0 aliphatic heterocycles. The number of hydrogen-bond acceptors (Lipinski definition) is 1. The Labute approximate surface area is 139 Å². The first-order valence-corrected chi connectivity index (χ1v) is 19.2. The topological polar surface area (TPSA) is 28.0 Å². The van der Waals surface area contributed by atoms with Gasteiger partial charge in [0.1, 0.15) is 14.8 Å². The molecule has 0 bridgehead atoms. The molecule has 0 aliphatic rings. The SMILES string of the molecule is CN([Si](C)(C)C)P(C)(Cl)=NP(Cl)(Cl)=NP(=S)(Cl)Cl. The van der Waals surface area contributed by atoms with Crippen molar-refractivity contribution in [2.45, 2.75) is 19.6 Å². The van der Waals surface area contributed by atoms with Crippen molar-refractivity contribution in [1.82, 2.24) is 4.34 Å². The Morgan fingerprint density at radius 2 is 1.39 bits per heavy atom. The maximum absolute atomic E-state index is 6.48. The van der Waals surface area contributed by atoms with Crippen molar-refractivity contribution in [3.05, 3.63) is 0 Å². The Balaban J connectivity index is 5.70. The zero-order valence-corrected chi connectivity index (χ0v) is 18.8. The second-order valence-electron chi connectivity index (χ2n) is 4.57. The molecule has 0 aromatic rings. The Kier molecular flexibility index (Phi) is 7.93. The predicted molar refractivity (Wildman–Crippen MR) is 99.3 cm³/mol. The molecule has 0 rings (SSSR count). The standard InChI is InChI=1S/C5H15Cl5N3P3SSi/c1-13(18(3,4)5)14(2,6)11-15(7,8)12-16(9,10)17/h1-5H3. The minimum absolute atomic E-state index is 1.62. The normalized spacial score (nSPS) is 17.5. The summed E-state index contributed by atoms with van der Waals surface area (Å²) >= 11 is 34.8. The van der Waals surface area contributed by atoms with Gasteiger partial charge in [-0.1, -0.05) is 30.9 Å². The summed E-state index contributed by atoms with van der Waals surface area (Å²) in [7, 11) is 0.297. The fraction of sp³-hybridized carbons (Fsp3) is 1.00. The maximum atomic E-state index is 6.48. The lowest BCUT2D eigenvalue weighted by Gasteiger charge is -2.35. The monoisotopic (exact) mass is 445 g/mol. The van der Waals surface area contributed by atoms with Crippen LogP contribution >= 0.6 is 73.6 Å². The average Bonchev–Trinajstić information content (AvgIpc) is 1.93. The van der Waals surface area contributed by atoms with Gasteiger partial charge in [0.2, 0.25) is 4.89 Å². The zero-order chi connectivity index (χ0) is 15.0. The summed E-state index contributed by atoms with van der Waals surface area (Å²) in [6, 6.07) is 0. The molecular formula is C5H15Cl5N3P3SSi. The smallest absolute Gasteiger partial charge is 0.255 e. The quantitative estimate of drug-likeness (QED) is 0.325. The van der Waals surface area contributed by atoms with Gasteiger partial charge in [0, 0.05) is 0 Å². The molecule has 13 heteroatoms. The Morgan fingerprint density at radius 3 is 1.67 bits per heavy atom. The summed E-state index contributed by atoms with van der Waals surface area (Å²) in [4.78, 5) is -2.90. The summed E-state index contributed by atoms with van der Waals surface area (Å²) < 4.78 is 10.2. The van der Waals surface area contributed by atoms with Crippen LogP contribution in [0, 0.1) is 0 Å². The molecule has 0 amide bonds. The van der Waals surface area contributed by atoms with Gasteiger partial charge in [0.05, 0.1) is 0 Å². The van der Waals surface area contributed by atoms with Gasteiger partial charge in [-0.2, -0.15) is 4.52 Å². The fourth-order valence-electron chi connectivity index (χ4n) is 0.947. The first-order chi connectivity index (χ1) is 7.57. The molecule has 0 fully saturated rings. The van der Waals surface area contributed by atoms with E-state index in [1.54, 1.807) is 0 Å². The first kappa shape index (κ1) is 20.7. The molecule has 0 aromatic carbocycles. The van der Waals surface area contributed by atoms with E-state index in [0.29, 0.717) is 0 Å². The molecule has 18 heavy (non-hydrogen) atoms. The van der Waals surface area contributed by atoms with Crippen molar-refractivity contribution in [1.29, 1.82) is 0 Å².